The Morgan fingerprint density at radius 1 is 1.37 bits per heavy atom. The monoisotopic (exact) mass is 394 g/mol. The summed E-state index contributed by atoms with van der Waals surface area (Å²) in [5, 5.41) is 11.4. The van der Waals surface area contributed by atoms with Gasteiger partial charge in [0.15, 0.2) is 5.76 Å². The lowest BCUT2D eigenvalue weighted by atomic mass is 9.84. The van der Waals surface area contributed by atoms with Gasteiger partial charge in [0.25, 0.3) is 5.91 Å². The summed E-state index contributed by atoms with van der Waals surface area (Å²) in [6.45, 7) is 5.78. The number of likely N-dealkylation sites (N-methyl/N-ethyl adjacent to an activating group) is 1. The molecule has 3 heterocycles. The molecule has 0 aliphatic carbocycles. The lowest BCUT2D eigenvalue weighted by molar-refractivity contribution is -0.170. The van der Waals surface area contributed by atoms with Crippen LogP contribution in [0.15, 0.2) is 29.3 Å². The van der Waals surface area contributed by atoms with Gasteiger partial charge in [-0.25, -0.2) is 0 Å². The Balaban J connectivity index is 1.85. The molecule has 150 valence electrons. The molecule has 0 bridgehead atoms. The number of piperazine rings is 1. The largest absolute Gasteiger partial charge is 0.459 e. The van der Waals surface area contributed by atoms with Crippen LogP contribution in [0.1, 0.15) is 30.6 Å². The first-order valence-corrected chi connectivity index (χ1v) is 10.6. The zero-order valence-electron chi connectivity index (χ0n) is 16.2. The fourth-order valence-electron chi connectivity index (χ4n) is 3.73. The first-order valence-electron chi connectivity index (χ1n) is 9.76. The Morgan fingerprint density at radius 2 is 2.15 bits per heavy atom. The lowest BCUT2D eigenvalue weighted by Gasteiger charge is -2.38. The number of thiophene rings is 1. The molecule has 27 heavy (non-hydrogen) atoms. The van der Waals surface area contributed by atoms with Crippen molar-refractivity contribution in [2.75, 3.05) is 46.4 Å². The Labute approximate surface area is 165 Å². The molecule has 1 N–H and O–H groups in total. The number of carbonyl (C=O) groups excluding carboxylic acids is 1. The minimum absolute atomic E-state index is 0.0463. The highest BCUT2D eigenvalue weighted by molar-refractivity contribution is 7.10. The zero-order valence-corrected chi connectivity index (χ0v) is 17.0. The third kappa shape index (κ3) is 4.90. The van der Waals surface area contributed by atoms with Gasteiger partial charge in [-0.05, 0) is 44.3 Å². The van der Waals surface area contributed by atoms with Gasteiger partial charge < -0.3 is 24.4 Å². The highest BCUT2D eigenvalue weighted by atomic mass is 32.1. The van der Waals surface area contributed by atoms with E-state index in [2.05, 4.69) is 23.4 Å². The van der Waals surface area contributed by atoms with Gasteiger partial charge in [-0.2, -0.15) is 0 Å². The molecule has 1 fully saturated rings. The van der Waals surface area contributed by atoms with Crippen molar-refractivity contribution in [3.63, 3.8) is 0 Å². The van der Waals surface area contributed by atoms with Gasteiger partial charge in [0.05, 0.1) is 0 Å². The van der Waals surface area contributed by atoms with Crippen LogP contribution < -0.4 is 0 Å². The fourth-order valence-corrected chi connectivity index (χ4v) is 4.60. The Hall–Kier alpha value is -1.41. The number of ether oxygens (including phenoxy) is 2. The van der Waals surface area contributed by atoms with Gasteiger partial charge in [0.2, 0.25) is 6.29 Å². The number of hydrogen-bond donors (Lipinski definition) is 1. The average Bonchev–Trinajstić information content (AvgIpc) is 3.21. The number of rotatable bonds is 7. The van der Waals surface area contributed by atoms with E-state index < -0.39 is 6.29 Å². The van der Waals surface area contributed by atoms with E-state index in [1.54, 1.807) is 11.3 Å². The van der Waals surface area contributed by atoms with Crippen LogP contribution in [0.5, 0.6) is 0 Å². The van der Waals surface area contributed by atoms with E-state index in [1.807, 2.05) is 24.0 Å². The van der Waals surface area contributed by atoms with E-state index in [0.29, 0.717) is 31.9 Å². The van der Waals surface area contributed by atoms with E-state index in [1.165, 1.54) is 4.88 Å². The van der Waals surface area contributed by atoms with Gasteiger partial charge in [-0.1, -0.05) is 6.07 Å². The number of hydrogen-bond acceptors (Lipinski definition) is 6. The predicted octanol–water partition coefficient (Wildman–Crippen LogP) is 2.27. The van der Waals surface area contributed by atoms with Crippen molar-refractivity contribution in [2.24, 2.45) is 5.92 Å². The van der Waals surface area contributed by atoms with Gasteiger partial charge >= 0.3 is 0 Å². The molecule has 1 amide bonds. The second-order valence-corrected chi connectivity index (χ2v) is 8.12. The Bertz CT molecular complexity index is 626. The van der Waals surface area contributed by atoms with Crippen LogP contribution in [-0.4, -0.2) is 73.5 Å². The molecule has 0 saturated carbocycles. The van der Waals surface area contributed by atoms with Crippen LogP contribution in [0.25, 0.3) is 0 Å². The first kappa shape index (κ1) is 20.3. The average molecular weight is 395 g/mol. The second kappa shape index (κ2) is 9.68. The van der Waals surface area contributed by atoms with Crippen molar-refractivity contribution in [3.8, 4) is 0 Å². The summed E-state index contributed by atoms with van der Waals surface area (Å²) >= 11 is 1.69. The number of carbonyl (C=O) groups is 1. The summed E-state index contributed by atoms with van der Waals surface area (Å²) in [6.07, 6.45) is 2.99. The van der Waals surface area contributed by atoms with Gasteiger partial charge in [-0.3, -0.25) is 4.79 Å². The minimum atomic E-state index is -0.468. The molecule has 7 heteroatoms. The third-order valence-electron chi connectivity index (χ3n) is 5.28. The van der Waals surface area contributed by atoms with Crippen molar-refractivity contribution in [1.29, 1.82) is 0 Å². The molecule has 6 nitrogen and oxygen atoms in total. The molecule has 0 unspecified atom stereocenters. The number of allylic oxidation sites excluding steroid dienone is 1. The normalized spacial score (nSPS) is 26.6. The van der Waals surface area contributed by atoms with Crippen molar-refractivity contribution < 1.29 is 19.4 Å². The summed E-state index contributed by atoms with van der Waals surface area (Å²) in [4.78, 5) is 18.4. The molecule has 2 aliphatic rings. The van der Waals surface area contributed by atoms with Crippen LogP contribution in [0, 0.1) is 5.92 Å². The van der Waals surface area contributed by atoms with Crippen molar-refractivity contribution in [2.45, 2.75) is 32.0 Å². The van der Waals surface area contributed by atoms with Crippen LogP contribution in [-0.2, 0) is 14.3 Å². The van der Waals surface area contributed by atoms with Crippen LogP contribution >= 0.6 is 11.3 Å². The summed E-state index contributed by atoms with van der Waals surface area (Å²) in [5.74, 6) is 0.500. The number of amides is 1. The second-order valence-electron chi connectivity index (χ2n) is 7.14. The first-order chi connectivity index (χ1) is 13.1. The Kier molecular flexibility index (Phi) is 7.29. The Morgan fingerprint density at radius 3 is 2.78 bits per heavy atom. The molecule has 0 radical (unpaired) electrons. The summed E-state index contributed by atoms with van der Waals surface area (Å²) < 4.78 is 12.0. The van der Waals surface area contributed by atoms with Gasteiger partial charge in [0.1, 0.15) is 0 Å². The molecule has 1 aromatic rings. The predicted molar refractivity (Wildman–Crippen MR) is 106 cm³/mol. The van der Waals surface area contributed by atoms with E-state index >= 15 is 0 Å². The highest BCUT2D eigenvalue weighted by Crippen LogP contribution is 2.41. The molecule has 3 rings (SSSR count). The van der Waals surface area contributed by atoms with E-state index in [0.717, 1.165) is 19.5 Å². The number of nitrogens with zero attached hydrogens (tertiary/aromatic N) is 2. The van der Waals surface area contributed by atoms with E-state index in [-0.39, 0.29) is 24.3 Å². The molecule has 0 aromatic carbocycles. The summed E-state index contributed by atoms with van der Waals surface area (Å²) in [7, 11) is 2.07. The highest BCUT2D eigenvalue weighted by Gasteiger charge is 2.39. The molecule has 0 spiro atoms. The smallest absolute Gasteiger partial charge is 0.288 e. The lowest BCUT2D eigenvalue weighted by Crippen LogP contribution is -2.49. The maximum absolute atomic E-state index is 13.1. The zero-order chi connectivity index (χ0) is 19.2. The van der Waals surface area contributed by atoms with Crippen LogP contribution in [0.3, 0.4) is 0 Å². The van der Waals surface area contributed by atoms with E-state index in [9.17, 15) is 9.90 Å². The maximum atomic E-state index is 13.1. The van der Waals surface area contributed by atoms with Crippen molar-refractivity contribution in [1.82, 2.24) is 9.80 Å². The number of aliphatic hydroxyl groups excluding tert-OH is 1. The third-order valence-corrected chi connectivity index (χ3v) is 6.26. The molecule has 2 aliphatic heterocycles. The summed E-state index contributed by atoms with van der Waals surface area (Å²) in [6, 6.07) is 4.13. The fraction of sp³-hybridized carbons (Fsp3) is 0.650. The molecular weight excluding hydrogens is 364 g/mol. The quantitative estimate of drug-likeness (QED) is 0.769. The minimum Gasteiger partial charge on any atom is -0.459 e. The molecule has 1 saturated heterocycles. The van der Waals surface area contributed by atoms with Crippen LogP contribution in [0.4, 0.5) is 0 Å². The van der Waals surface area contributed by atoms with Crippen LogP contribution in [0.2, 0.25) is 0 Å². The van der Waals surface area contributed by atoms with Crippen molar-refractivity contribution in [3.05, 3.63) is 34.2 Å². The maximum Gasteiger partial charge on any atom is 0.288 e. The molecule has 1 aromatic heterocycles. The van der Waals surface area contributed by atoms with Gasteiger partial charge in [-0.15, -0.1) is 11.3 Å². The topological polar surface area (TPSA) is 62.2 Å². The number of aliphatic hydroxyl groups is 1. The van der Waals surface area contributed by atoms with Gasteiger partial charge in [0, 0.05) is 56.1 Å². The van der Waals surface area contributed by atoms with Crippen molar-refractivity contribution >= 4 is 17.2 Å². The summed E-state index contributed by atoms with van der Waals surface area (Å²) in [5.41, 5.74) is 0. The SMILES string of the molecule is CCO[C@H]1OC(C(=O)N2CCN(C)CC2)=C[C@@H](c2cccs2)[C@@H]1CCCO. The van der Waals surface area contributed by atoms with E-state index in [4.69, 9.17) is 9.47 Å². The molecular formula is C20H30N2O4S. The molecule has 3 atom stereocenters. The standard InChI is InChI=1S/C20H30N2O4S/c1-3-25-20-15(6-4-12-23)16(18-7-5-13-27-18)14-17(26-20)19(24)22-10-8-21(2)9-11-22/h5,7,13-16,20,23H,3-4,6,8-12H2,1-2H3/t15-,16+,20-/m0/s1.